The molecule has 6 nitrogen and oxygen atoms in total. The van der Waals surface area contributed by atoms with Crippen molar-refractivity contribution in [2.24, 2.45) is 0 Å². The van der Waals surface area contributed by atoms with E-state index in [1.165, 1.54) is 0 Å². The van der Waals surface area contributed by atoms with Crippen molar-refractivity contribution in [1.82, 2.24) is 15.0 Å². The predicted molar refractivity (Wildman–Crippen MR) is 118 cm³/mol. The van der Waals surface area contributed by atoms with Crippen molar-refractivity contribution in [2.45, 2.75) is 12.8 Å². The van der Waals surface area contributed by atoms with Gasteiger partial charge in [0.25, 0.3) is 0 Å². The van der Waals surface area contributed by atoms with Gasteiger partial charge in [-0.3, -0.25) is 0 Å². The molecular formula is C19H19Cl3N6. The summed E-state index contributed by atoms with van der Waals surface area (Å²) < 4.78 is 0. The van der Waals surface area contributed by atoms with Gasteiger partial charge >= 0.3 is 0 Å². The van der Waals surface area contributed by atoms with Crippen molar-refractivity contribution in [3.05, 3.63) is 58.6 Å². The molecule has 146 valence electrons. The third-order valence-corrected chi connectivity index (χ3v) is 4.68. The Bertz CT molecular complexity index is 929. The van der Waals surface area contributed by atoms with Crippen molar-refractivity contribution < 1.29 is 0 Å². The molecule has 0 saturated carbocycles. The van der Waals surface area contributed by atoms with E-state index in [0.29, 0.717) is 27.9 Å². The zero-order valence-corrected chi connectivity index (χ0v) is 17.2. The molecule has 0 bridgehead atoms. The van der Waals surface area contributed by atoms with E-state index < -0.39 is 0 Å². The van der Waals surface area contributed by atoms with E-state index in [2.05, 4.69) is 30.5 Å². The summed E-state index contributed by atoms with van der Waals surface area (Å²) in [4.78, 5) is 15.8. The van der Waals surface area contributed by atoms with Gasteiger partial charge in [0.05, 0.1) is 0 Å². The quantitative estimate of drug-likeness (QED) is 0.535. The fourth-order valence-corrected chi connectivity index (χ4v) is 3.21. The van der Waals surface area contributed by atoms with E-state index in [1.54, 1.807) is 0 Å². The Morgan fingerprint density at radius 2 is 1.39 bits per heavy atom. The van der Waals surface area contributed by atoms with Gasteiger partial charge in [-0.1, -0.05) is 29.3 Å². The van der Waals surface area contributed by atoms with Crippen LogP contribution in [-0.2, 0) is 0 Å². The van der Waals surface area contributed by atoms with Crippen LogP contribution in [-0.4, -0.2) is 28.0 Å². The molecule has 1 fully saturated rings. The number of hydrogen-bond acceptors (Lipinski definition) is 6. The zero-order chi connectivity index (χ0) is 18.6. The molecule has 28 heavy (non-hydrogen) atoms. The number of hydrogen-bond donors (Lipinski definition) is 2. The van der Waals surface area contributed by atoms with Gasteiger partial charge in [0, 0.05) is 34.5 Å². The fraction of sp³-hybridized carbons (Fsp3) is 0.211. The van der Waals surface area contributed by atoms with Gasteiger partial charge in [-0.2, -0.15) is 15.0 Å². The molecule has 0 atom stereocenters. The van der Waals surface area contributed by atoms with Crippen LogP contribution >= 0.6 is 35.6 Å². The maximum atomic E-state index is 6.07. The predicted octanol–water partition coefficient (Wildman–Crippen LogP) is 5.69. The summed E-state index contributed by atoms with van der Waals surface area (Å²) in [7, 11) is 0. The number of benzene rings is 2. The molecule has 0 radical (unpaired) electrons. The van der Waals surface area contributed by atoms with E-state index in [9.17, 15) is 0 Å². The number of nitrogens with zero attached hydrogens (tertiary/aromatic N) is 4. The molecule has 1 aliphatic heterocycles. The van der Waals surface area contributed by atoms with Crippen LogP contribution in [0.2, 0.25) is 10.0 Å². The molecule has 2 heterocycles. The maximum absolute atomic E-state index is 6.07. The second kappa shape index (κ2) is 9.28. The van der Waals surface area contributed by atoms with Gasteiger partial charge in [-0.15, -0.1) is 12.4 Å². The molecule has 2 N–H and O–H groups in total. The van der Waals surface area contributed by atoms with E-state index in [0.717, 1.165) is 37.3 Å². The second-order valence-electron chi connectivity index (χ2n) is 6.24. The molecule has 4 rings (SSSR count). The van der Waals surface area contributed by atoms with Crippen molar-refractivity contribution in [1.29, 1.82) is 0 Å². The Balaban J connectivity index is 0.00000225. The summed E-state index contributed by atoms with van der Waals surface area (Å²) in [5.41, 5.74) is 1.67. The topological polar surface area (TPSA) is 66.0 Å². The fourth-order valence-electron chi connectivity index (χ4n) is 2.89. The normalized spacial score (nSPS) is 13.1. The number of nitrogens with one attached hydrogen (secondary N) is 2. The number of anilines is 5. The van der Waals surface area contributed by atoms with Crippen LogP contribution in [0.5, 0.6) is 0 Å². The van der Waals surface area contributed by atoms with Gasteiger partial charge in [0.2, 0.25) is 17.8 Å². The lowest BCUT2D eigenvalue weighted by atomic mass is 10.3. The van der Waals surface area contributed by atoms with Crippen molar-refractivity contribution >= 4 is 64.8 Å². The first-order valence-corrected chi connectivity index (χ1v) is 9.47. The minimum atomic E-state index is 0. The SMILES string of the molecule is Cl.Clc1ccc(Nc2nc(Nc3cccc(Cl)c3)nc(N3CCCC3)n2)cc1. The largest absolute Gasteiger partial charge is 0.341 e. The van der Waals surface area contributed by atoms with Crippen molar-refractivity contribution in [2.75, 3.05) is 28.6 Å². The number of halogens is 3. The highest BCUT2D eigenvalue weighted by molar-refractivity contribution is 6.31. The summed E-state index contributed by atoms with van der Waals surface area (Å²) >= 11 is 12.0. The third-order valence-electron chi connectivity index (χ3n) is 4.19. The van der Waals surface area contributed by atoms with E-state index >= 15 is 0 Å². The van der Waals surface area contributed by atoms with Crippen LogP contribution in [0.3, 0.4) is 0 Å². The van der Waals surface area contributed by atoms with Gasteiger partial charge in [0.1, 0.15) is 0 Å². The molecule has 2 aromatic carbocycles. The first kappa shape index (κ1) is 20.5. The molecule has 0 aliphatic carbocycles. The standard InChI is InChI=1S/C19H18Cl2N6.ClH/c20-13-6-8-15(9-7-13)22-17-24-18(23-16-5-3-4-14(21)12-16)26-19(25-17)27-10-1-2-11-27;/h3-9,12H,1-2,10-11H2,(H2,22,23,24,25,26);1H. The summed E-state index contributed by atoms with van der Waals surface area (Å²) in [6.07, 6.45) is 2.28. The lowest BCUT2D eigenvalue weighted by Gasteiger charge is -2.17. The van der Waals surface area contributed by atoms with E-state index in [1.807, 2.05) is 48.5 Å². The summed E-state index contributed by atoms with van der Waals surface area (Å²) in [5.74, 6) is 1.59. The van der Waals surface area contributed by atoms with Crippen molar-refractivity contribution in [3.8, 4) is 0 Å². The summed E-state index contributed by atoms with van der Waals surface area (Å²) in [6.45, 7) is 1.89. The van der Waals surface area contributed by atoms with Gasteiger partial charge in [-0.05, 0) is 55.3 Å². The van der Waals surface area contributed by atoms with Crippen molar-refractivity contribution in [3.63, 3.8) is 0 Å². The Labute approximate surface area is 179 Å². The first-order chi connectivity index (χ1) is 13.2. The Morgan fingerprint density at radius 1 is 0.750 bits per heavy atom. The Kier molecular flexibility index (Phi) is 6.78. The average molecular weight is 438 g/mol. The van der Waals surface area contributed by atoms with Crippen LogP contribution in [0.1, 0.15) is 12.8 Å². The summed E-state index contributed by atoms with van der Waals surface area (Å²) in [6, 6.07) is 14.8. The Hall–Kier alpha value is -2.28. The smallest absolute Gasteiger partial charge is 0.233 e. The number of aromatic nitrogens is 3. The molecule has 1 aromatic heterocycles. The van der Waals surface area contributed by atoms with Crippen LogP contribution in [0, 0.1) is 0 Å². The first-order valence-electron chi connectivity index (χ1n) is 8.72. The highest BCUT2D eigenvalue weighted by atomic mass is 35.5. The van der Waals surface area contributed by atoms with Crippen LogP contribution < -0.4 is 15.5 Å². The molecule has 1 aliphatic rings. The molecule has 0 unspecified atom stereocenters. The average Bonchev–Trinajstić information content (AvgIpc) is 3.18. The molecule has 1 saturated heterocycles. The highest BCUT2D eigenvalue weighted by Crippen LogP contribution is 2.24. The van der Waals surface area contributed by atoms with Gasteiger partial charge in [-0.25, -0.2) is 0 Å². The molecule has 0 amide bonds. The lowest BCUT2D eigenvalue weighted by molar-refractivity contribution is 0.886. The monoisotopic (exact) mass is 436 g/mol. The summed E-state index contributed by atoms with van der Waals surface area (Å²) in [5, 5.41) is 7.75. The Morgan fingerprint density at radius 3 is 2.04 bits per heavy atom. The second-order valence-corrected chi connectivity index (χ2v) is 7.12. The van der Waals surface area contributed by atoms with E-state index in [-0.39, 0.29) is 12.4 Å². The van der Waals surface area contributed by atoms with Crippen LogP contribution in [0.4, 0.5) is 29.2 Å². The maximum Gasteiger partial charge on any atom is 0.233 e. The zero-order valence-electron chi connectivity index (χ0n) is 14.9. The molecule has 3 aromatic rings. The van der Waals surface area contributed by atoms with E-state index in [4.69, 9.17) is 23.2 Å². The minimum Gasteiger partial charge on any atom is -0.341 e. The number of rotatable bonds is 5. The molecule has 9 heteroatoms. The van der Waals surface area contributed by atoms with Crippen LogP contribution in [0.25, 0.3) is 0 Å². The lowest BCUT2D eigenvalue weighted by Crippen LogP contribution is -2.21. The molecule has 0 spiro atoms. The highest BCUT2D eigenvalue weighted by Gasteiger charge is 2.17. The van der Waals surface area contributed by atoms with Gasteiger partial charge < -0.3 is 15.5 Å². The molecular weight excluding hydrogens is 419 g/mol. The van der Waals surface area contributed by atoms with Gasteiger partial charge in [0.15, 0.2) is 0 Å². The van der Waals surface area contributed by atoms with Crippen LogP contribution in [0.15, 0.2) is 48.5 Å². The third kappa shape index (κ3) is 5.16. The minimum absolute atomic E-state index is 0.